The van der Waals surface area contributed by atoms with E-state index in [1.807, 2.05) is 65.0 Å². The van der Waals surface area contributed by atoms with Gasteiger partial charge in [0.1, 0.15) is 0 Å². The summed E-state index contributed by atoms with van der Waals surface area (Å²) < 4.78 is 0. The second kappa shape index (κ2) is 22.4. The monoisotopic (exact) mass is 619 g/mol. The zero-order valence-electron chi connectivity index (χ0n) is 30.8. The Bertz CT molecular complexity index is 1440. The van der Waals surface area contributed by atoms with Crippen LogP contribution in [-0.4, -0.2) is 5.78 Å². The lowest BCUT2D eigenvalue weighted by atomic mass is 9.96. The van der Waals surface area contributed by atoms with Crippen LogP contribution in [0.4, 0.5) is 0 Å². The van der Waals surface area contributed by atoms with Gasteiger partial charge in [0.05, 0.1) is 0 Å². The Labute approximate surface area is 282 Å². The summed E-state index contributed by atoms with van der Waals surface area (Å²) in [7, 11) is 0. The third kappa shape index (κ3) is 16.2. The Kier molecular flexibility index (Phi) is 20.3. The highest BCUT2D eigenvalue weighted by Crippen LogP contribution is 2.25. The number of carbonyl (C=O) groups excluding carboxylic acids is 1. The SMILES string of the molecule is C=C(C)/C(C)=C/C.C=C(\C=C(/C=C(C)/C(N)=C/C=C\C(=C)C(C)/C=C(\C)c1ccc(C)cc1)C1=CCCC(C)C=C1)C(C)=O.CC. The average molecular weight is 620 g/mol. The van der Waals surface area contributed by atoms with E-state index >= 15 is 0 Å². The van der Waals surface area contributed by atoms with Crippen LogP contribution in [0.3, 0.4) is 0 Å². The molecule has 46 heavy (non-hydrogen) atoms. The largest absolute Gasteiger partial charge is 0.399 e. The van der Waals surface area contributed by atoms with Crippen LogP contribution in [0.15, 0.2) is 149 Å². The lowest BCUT2D eigenvalue weighted by molar-refractivity contribution is -0.113. The van der Waals surface area contributed by atoms with Crippen molar-refractivity contribution >= 4 is 11.4 Å². The fraction of sp³-hybridized carbons (Fsp3) is 0.341. The third-order valence-electron chi connectivity index (χ3n) is 7.82. The number of aryl methyl sites for hydroxylation is 1. The van der Waals surface area contributed by atoms with Crippen LogP contribution in [0.5, 0.6) is 0 Å². The van der Waals surface area contributed by atoms with Crippen molar-refractivity contribution in [3.8, 4) is 0 Å². The van der Waals surface area contributed by atoms with Crippen LogP contribution < -0.4 is 5.73 Å². The number of ketones is 1. The molecule has 0 spiro atoms. The maximum Gasteiger partial charge on any atom is 0.159 e. The summed E-state index contributed by atoms with van der Waals surface area (Å²) in [5.41, 5.74) is 17.7. The zero-order valence-corrected chi connectivity index (χ0v) is 30.8. The number of hydrogen-bond donors (Lipinski definition) is 1. The van der Waals surface area contributed by atoms with E-state index in [4.69, 9.17) is 5.73 Å². The second-order valence-electron chi connectivity index (χ2n) is 11.9. The van der Waals surface area contributed by atoms with Crippen LogP contribution in [0.1, 0.15) is 93.2 Å². The minimum Gasteiger partial charge on any atom is -0.399 e. The summed E-state index contributed by atoms with van der Waals surface area (Å²) in [6, 6.07) is 8.58. The topological polar surface area (TPSA) is 43.1 Å². The summed E-state index contributed by atoms with van der Waals surface area (Å²) in [4.78, 5) is 11.9. The molecule has 0 saturated heterocycles. The highest BCUT2D eigenvalue weighted by atomic mass is 16.1. The van der Waals surface area contributed by atoms with Gasteiger partial charge in [0.2, 0.25) is 0 Å². The molecule has 1 aliphatic rings. The summed E-state index contributed by atoms with van der Waals surface area (Å²) in [6.45, 7) is 34.1. The van der Waals surface area contributed by atoms with Crippen LogP contribution in [0, 0.1) is 18.8 Å². The fourth-order valence-corrected chi connectivity index (χ4v) is 4.16. The molecule has 0 fully saturated rings. The van der Waals surface area contributed by atoms with Crippen molar-refractivity contribution in [3.63, 3.8) is 0 Å². The molecular weight excluding hydrogens is 558 g/mol. The zero-order chi connectivity index (χ0) is 35.4. The Hall–Kier alpha value is -4.17. The lowest BCUT2D eigenvalue weighted by Gasteiger charge is -2.10. The molecule has 0 aromatic heterocycles. The molecular formula is C44H61NO. The predicted octanol–water partition coefficient (Wildman–Crippen LogP) is 12.5. The van der Waals surface area contributed by atoms with Crippen molar-refractivity contribution < 1.29 is 4.79 Å². The van der Waals surface area contributed by atoms with Crippen molar-refractivity contribution in [2.75, 3.05) is 0 Å². The van der Waals surface area contributed by atoms with Crippen LogP contribution in [-0.2, 0) is 4.79 Å². The van der Waals surface area contributed by atoms with Crippen molar-refractivity contribution in [2.45, 2.75) is 89.0 Å². The summed E-state index contributed by atoms with van der Waals surface area (Å²) >= 11 is 0. The van der Waals surface area contributed by atoms with Gasteiger partial charge in [-0.1, -0.05) is 131 Å². The quantitative estimate of drug-likeness (QED) is 0.198. The maximum absolute atomic E-state index is 11.9. The fourth-order valence-electron chi connectivity index (χ4n) is 4.16. The van der Waals surface area contributed by atoms with Crippen molar-refractivity contribution in [1.29, 1.82) is 0 Å². The average Bonchev–Trinajstić information content (AvgIpc) is 3.25. The Morgan fingerprint density at radius 3 is 2.11 bits per heavy atom. The van der Waals surface area contributed by atoms with Gasteiger partial charge < -0.3 is 5.73 Å². The van der Waals surface area contributed by atoms with E-state index in [1.54, 1.807) is 0 Å². The number of allylic oxidation sites excluding steroid dienone is 18. The minimum absolute atomic E-state index is 0.0409. The van der Waals surface area contributed by atoms with Gasteiger partial charge in [-0.05, 0) is 125 Å². The molecule has 0 heterocycles. The smallest absolute Gasteiger partial charge is 0.159 e. The molecule has 2 atom stereocenters. The van der Waals surface area contributed by atoms with Crippen molar-refractivity contribution in [1.82, 2.24) is 0 Å². The van der Waals surface area contributed by atoms with Crippen LogP contribution >= 0.6 is 0 Å². The van der Waals surface area contributed by atoms with E-state index in [1.165, 1.54) is 29.2 Å². The molecule has 2 heteroatoms. The van der Waals surface area contributed by atoms with Gasteiger partial charge in [-0.25, -0.2) is 0 Å². The normalized spacial score (nSPS) is 16.7. The third-order valence-corrected chi connectivity index (χ3v) is 7.82. The maximum atomic E-state index is 11.9. The lowest BCUT2D eigenvalue weighted by Crippen LogP contribution is -2.00. The molecule has 0 bridgehead atoms. The molecule has 2 N–H and O–H groups in total. The molecule has 1 aliphatic carbocycles. The van der Waals surface area contributed by atoms with Gasteiger partial charge in [-0.2, -0.15) is 0 Å². The number of rotatable bonds is 11. The Morgan fingerprint density at radius 1 is 0.978 bits per heavy atom. The molecule has 0 saturated carbocycles. The number of hydrogen-bond acceptors (Lipinski definition) is 2. The van der Waals surface area contributed by atoms with Gasteiger partial charge in [-0.15, -0.1) is 0 Å². The summed E-state index contributed by atoms with van der Waals surface area (Å²) in [5.74, 6) is 0.686. The van der Waals surface area contributed by atoms with E-state index < -0.39 is 0 Å². The minimum atomic E-state index is -0.0409. The van der Waals surface area contributed by atoms with E-state index in [0.29, 0.717) is 17.2 Å². The molecule has 2 nitrogen and oxygen atoms in total. The van der Waals surface area contributed by atoms with E-state index in [2.05, 4.69) is 109 Å². The number of benzene rings is 1. The first-order valence-corrected chi connectivity index (χ1v) is 16.5. The van der Waals surface area contributed by atoms with Gasteiger partial charge >= 0.3 is 0 Å². The van der Waals surface area contributed by atoms with Gasteiger partial charge in [0.25, 0.3) is 0 Å². The van der Waals surface area contributed by atoms with E-state index in [-0.39, 0.29) is 11.7 Å². The Balaban J connectivity index is 0.00000198. The molecule has 2 rings (SSSR count). The molecule has 2 unspecified atom stereocenters. The first kappa shape index (κ1) is 41.8. The molecule has 248 valence electrons. The molecule has 0 aliphatic heterocycles. The second-order valence-corrected chi connectivity index (χ2v) is 11.9. The van der Waals surface area contributed by atoms with Crippen LogP contribution in [0.2, 0.25) is 0 Å². The molecule has 0 radical (unpaired) electrons. The summed E-state index contributed by atoms with van der Waals surface area (Å²) in [5, 5.41) is 0. The number of carbonyl (C=O) groups is 1. The van der Waals surface area contributed by atoms with Crippen LogP contribution in [0.25, 0.3) is 5.57 Å². The predicted molar refractivity (Wildman–Crippen MR) is 207 cm³/mol. The van der Waals surface area contributed by atoms with Crippen molar-refractivity contribution in [3.05, 3.63) is 161 Å². The first-order chi connectivity index (χ1) is 21.7. The molecule has 1 aromatic rings. The standard InChI is InChI=1S/C35H43NO.C7H12.C2H6/c1-24-11-9-13-33(20-17-24)34(22-28(5)31(8)37)23-30(7)35(36)14-10-12-26(3)27(4)21-29(6)32-18-15-25(2)16-19-32;1-5-7(4)6(2)3;1-2/h10,12-24,27H,3,5,9,11,36H2,1-2,4,6-8H3;5H,2H2,1,3-4H3;1-2H3/b12-10-,29-21+,30-23+,34-22+,35-14-;7-5+;. The van der Waals surface area contributed by atoms with Gasteiger partial charge in [0.15, 0.2) is 5.78 Å². The molecule has 1 aromatic carbocycles. The number of Topliss-reactive ketones (excluding diaryl/α,β-unsaturated/α-hetero) is 1. The highest BCUT2D eigenvalue weighted by molar-refractivity contribution is 5.95. The first-order valence-electron chi connectivity index (χ1n) is 16.5. The Morgan fingerprint density at radius 2 is 1.59 bits per heavy atom. The highest BCUT2D eigenvalue weighted by Gasteiger charge is 2.09. The van der Waals surface area contributed by atoms with Gasteiger partial charge in [-0.3, -0.25) is 4.79 Å². The van der Waals surface area contributed by atoms with Gasteiger partial charge in [0, 0.05) is 11.3 Å². The van der Waals surface area contributed by atoms with E-state index in [0.717, 1.165) is 40.7 Å². The van der Waals surface area contributed by atoms with E-state index in [9.17, 15) is 4.79 Å². The number of nitrogens with two attached hydrogens (primary N) is 1. The molecule has 0 amide bonds. The van der Waals surface area contributed by atoms with Crippen molar-refractivity contribution in [2.24, 2.45) is 17.6 Å². The summed E-state index contributed by atoms with van der Waals surface area (Å²) in [6.07, 6.45) is 22.7.